The molecule has 2 aromatic heterocycles. The van der Waals surface area contributed by atoms with Crippen LogP contribution in [-0.4, -0.2) is 39.5 Å². The highest BCUT2D eigenvalue weighted by atomic mass is 16.5. The Kier molecular flexibility index (Phi) is 3.96. The van der Waals surface area contributed by atoms with E-state index in [1.165, 1.54) is 0 Å². The van der Waals surface area contributed by atoms with Crippen molar-refractivity contribution in [2.24, 2.45) is 0 Å². The standard InChI is InChI=1S/C10H13N5O4/c1-3-17-10-12-9(13-14-10)11-7(16)5-18-8-4-6(2)19-15-8/h4H,3,5H2,1-2H3,(H2,11,12,13,14,16). The van der Waals surface area contributed by atoms with Gasteiger partial charge in [-0.2, -0.15) is 4.98 Å². The molecule has 2 aromatic rings. The molecule has 0 unspecified atom stereocenters. The number of amides is 1. The van der Waals surface area contributed by atoms with Crippen LogP contribution in [0.3, 0.4) is 0 Å². The molecule has 2 heterocycles. The van der Waals surface area contributed by atoms with Gasteiger partial charge in [0, 0.05) is 6.07 Å². The lowest BCUT2D eigenvalue weighted by molar-refractivity contribution is -0.118. The average molecular weight is 267 g/mol. The van der Waals surface area contributed by atoms with Gasteiger partial charge in [-0.1, -0.05) is 0 Å². The van der Waals surface area contributed by atoms with Crippen LogP contribution in [0.1, 0.15) is 12.7 Å². The van der Waals surface area contributed by atoms with Crippen LogP contribution in [0.25, 0.3) is 0 Å². The molecule has 0 aliphatic heterocycles. The summed E-state index contributed by atoms with van der Waals surface area (Å²) in [5.41, 5.74) is 0. The summed E-state index contributed by atoms with van der Waals surface area (Å²) in [4.78, 5) is 15.4. The molecule has 0 aliphatic carbocycles. The van der Waals surface area contributed by atoms with Crippen molar-refractivity contribution in [1.29, 1.82) is 0 Å². The van der Waals surface area contributed by atoms with E-state index in [-0.39, 0.29) is 24.4 Å². The van der Waals surface area contributed by atoms with Crippen molar-refractivity contribution in [2.45, 2.75) is 13.8 Å². The highest BCUT2D eigenvalue weighted by molar-refractivity contribution is 5.90. The molecular formula is C10H13N5O4. The summed E-state index contributed by atoms with van der Waals surface area (Å²) in [6.07, 6.45) is 0. The first-order chi connectivity index (χ1) is 9.17. The molecule has 0 atom stereocenters. The Morgan fingerprint density at radius 1 is 1.53 bits per heavy atom. The fourth-order valence-corrected chi connectivity index (χ4v) is 1.22. The molecule has 0 fully saturated rings. The van der Waals surface area contributed by atoms with Crippen LogP contribution in [0.5, 0.6) is 11.9 Å². The van der Waals surface area contributed by atoms with Gasteiger partial charge in [-0.3, -0.25) is 10.1 Å². The normalized spacial score (nSPS) is 10.2. The van der Waals surface area contributed by atoms with Crippen LogP contribution in [0.4, 0.5) is 5.95 Å². The van der Waals surface area contributed by atoms with E-state index in [1.54, 1.807) is 13.0 Å². The Morgan fingerprint density at radius 3 is 3.05 bits per heavy atom. The van der Waals surface area contributed by atoms with E-state index >= 15 is 0 Å². The summed E-state index contributed by atoms with van der Waals surface area (Å²) in [6.45, 7) is 3.77. The van der Waals surface area contributed by atoms with E-state index in [4.69, 9.17) is 14.0 Å². The van der Waals surface area contributed by atoms with Gasteiger partial charge in [-0.15, -0.1) is 5.10 Å². The fraction of sp³-hybridized carbons (Fsp3) is 0.400. The first-order valence-electron chi connectivity index (χ1n) is 5.58. The molecular weight excluding hydrogens is 254 g/mol. The molecule has 102 valence electrons. The number of anilines is 1. The topological polar surface area (TPSA) is 115 Å². The van der Waals surface area contributed by atoms with Crippen molar-refractivity contribution in [1.82, 2.24) is 20.3 Å². The molecule has 0 aliphatic rings. The summed E-state index contributed by atoms with van der Waals surface area (Å²) in [7, 11) is 0. The number of hydrogen-bond acceptors (Lipinski definition) is 7. The summed E-state index contributed by atoms with van der Waals surface area (Å²) >= 11 is 0. The second-order valence-electron chi connectivity index (χ2n) is 3.51. The molecule has 9 heteroatoms. The van der Waals surface area contributed by atoms with Crippen LogP contribution in [0.15, 0.2) is 10.6 Å². The van der Waals surface area contributed by atoms with Gasteiger partial charge in [0.15, 0.2) is 6.61 Å². The van der Waals surface area contributed by atoms with Gasteiger partial charge in [0.2, 0.25) is 5.95 Å². The minimum absolute atomic E-state index is 0.172. The number of rotatable bonds is 6. The predicted octanol–water partition coefficient (Wildman–Crippen LogP) is 0.517. The van der Waals surface area contributed by atoms with Crippen molar-refractivity contribution in [3.63, 3.8) is 0 Å². The Labute approximate surface area is 108 Å². The summed E-state index contributed by atoms with van der Waals surface area (Å²) in [5, 5.41) is 12.3. The SMILES string of the molecule is CCOc1n[nH]c(NC(=O)COc2cc(C)on2)n1. The number of carbonyl (C=O) groups excluding carboxylic acids is 1. The second kappa shape index (κ2) is 5.85. The lowest BCUT2D eigenvalue weighted by Gasteiger charge is -2.01. The van der Waals surface area contributed by atoms with Gasteiger partial charge in [-0.25, -0.2) is 5.10 Å². The summed E-state index contributed by atoms with van der Waals surface area (Å²) in [5.74, 6) is 0.639. The number of nitrogens with one attached hydrogen (secondary N) is 2. The Hall–Kier alpha value is -2.58. The molecule has 0 saturated heterocycles. The van der Waals surface area contributed by atoms with Gasteiger partial charge in [0.1, 0.15) is 5.76 Å². The molecule has 0 bridgehead atoms. The summed E-state index contributed by atoms with van der Waals surface area (Å²) < 4.78 is 14.9. The largest absolute Gasteiger partial charge is 0.465 e. The van der Waals surface area contributed by atoms with Crippen LogP contribution in [-0.2, 0) is 4.79 Å². The van der Waals surface area contributed by atoms with Gasteiger partial charge in [0.25, 0.3) is 11.8 Å². The molecule has 2 rings (SSSR count). The Morgan fingerprint density at radius 2 is 2.37 bits per heavy atom. The second-order valence-corrected chi connectivity index (χ2v) is 3.51. The van der Waals surface area contributed by atoms with Crippen molar-refractivity contribution < 1.29 is 18.8 Å². The zero-order valence-corrected chi connectivity index (χ0v) is 10.5. The third-order valence-corrected chi connectivity index (χ3v) is 1.95. The molecule has 0 saturated carbocycles. The molecule has 0 radical (unpaired) electrons. The number of aromatic amines is 1. The summed E-state index contributed by atoms with van der Waals surface area (Å²) in [6, 6.07) is 1.75. The number of nitrogens with zero attached hydrogens (tertiary/aromatic N) is 3. The van der Waals surface area contributed by atoms with E-state index in [2.05, 4.69) is 25.7 Å². The van der Waals surface area contributed by atoms with Crippen molar-refractivity contribution in [3.8, 4) is 11.9 Å². The number of carbonyl (C=O) groups is 1. The predicted molar refractivity (Wildman–Crippen MR) is 62.9 cm³/mol. The van der Waals surface area contributed by atoms with Gasteiger partial charge in [0.05, 0.1) is 6.61 Å². The van der Waals surface area contributed by atoms with E-state index in [9.17, 15) is 4.79 Å². The van der Waals surface area contributed by atoms with E-state index in [0.717, 1.165) is 0 Å². The maximum atomic E-state index is 11.5. The monoisotopic (exact) mass is 267 g/mol. The van der Waals surface area contributed by atoms with E-state index in [0.29, 0.717) is 12.4 Å². The number of aryl methyl sites for hydroxylation is 1. The maximum Gasteiger partial charge on any atom is 0.337 e. The van der Waals surface area contributed by atoms with Crippen molar-refractivity contribution in [2.75, 3.05) is 18.5 Å². The number of ether oxygens (including phenoxy) is 2. The van der Waals surface area contributed by atoms with Crippen molar-refractivity contribution >= 4 is 11.9 Å². The molecule has 2 N–H and O–H groups in total. The smallest absolute Gasteiger partial charge is 0.337 e. The van der Waals surface area contributed by atoms with Gasteiger partial charge >= 0.3 is 6.01 Å². The van der Waals surface area contributed by atoms with E-state index in [1.807, 2.05) is 6.92 Å². The first kappa shape index (κ1) is 12.9. The van der Waals surface area contributed by atoms with Crippen LogP contribution in [0.2, 0.25) is 0 Å². The van der Waals surface area contributed by atoms with Crippen LogP contribution < -0.4 is 14.8 Å². The Bertz CT molecular complexity index is 550. The lowest BCUT2D eigenvalue weighted by Crippen LogP contribution is -2.20. The minimum Gasteiger partial charge on any atom is -0.465 e. The molecule has 1 amide bonds. The highest BCUT2D eigenvalue weighted by Crippen LogP contribution is 2.10. The molecule has 0 spiro atoms. The van der Waals surface area contributed by atoms with Gasteiger partial charge in [-0.05, 0) is 19.0 Å². The lowest BCUT2D eigenvalue weighted by atomic mass is 10.5. The number of H-pyrrole nitrogens is 1. The zero-order chi connectivity index (χ0) is 13.7. The third kappa shape index (κ3) is 3.69. The van der Waals surface area contributed by atoms with Crippen LogP contribution >= 0.6 is 0 Å². The average Bonchev–Trinajstić information content (AvgIpc) is 2.97. The fourth-order valence-electron chi connectivity index (χ4n) is 1.22. The Balaban J connectivity index is 1.80. The highest BCUT2D eigenvalue weighted by Gasteiger charge is 2.09. The first-order valence-corrected chi connectivity index (χ1v) is 5.58. The molecule has 9 nitrogen and oxygen atoms in total. The van der Waals surface area contributed by atoms with Crippen LogP contribution in [0, 0.1) is 6.92 Å². The number of aromatic nitrogens is 4. The van der Waals surface area contributed by atoms with E-state index < -0.39 is 5.91 Å². The third-order valence-electron chi connectivity index (χ3n) is 1.95. The maximum absolute atomic E-state index is 11.5. The van der Waals surface area contributed by atoms with Crippen molar-refractivity contribution in [3.05, 3.63) is 11.8 Å². The zero-order valence-electron chi connectivity index (χ0n) is 10.5. The quantitative estimate of drug-likeness (QED) is 0.783. The molecule has 0 aromatic carbocycles. The molecule has 19 heavy (non-hydrogen) atoms. The van der Waals surface area contributed by atoms with Gasteiger partial charge < -0.3 is 14.0 Å². The minimum atomic E-state index is -0.403. The number of hydrogen-bond donors (Lipinski definition) is 2.